The first-order valence-electron chi connectivity index (χ1n) is 5.37. The summed E-state index contributed by atoms with van der Waals surface area (Å²) in [6, 6.07) is 4.23. The molecule has 0 amide bonds. The number of ether oxygens (including phenoxy) is 1. The Balaban J connectivity index is 2.93. The molecular weight excluding hydrogens is 291 g/mol. The van der Waals surface area contributed by atoms with Gasteiger partial charge in [0, 0.05) is 23.6 Å². The molecule has 8 heteroatoms. The van der Waals surface area contributed by atoms with Crippen molar-refractivity contribution < 1.29 is 9.53 Å². The van der Waals surface area contributed by atoms with E-state index in [0.717, 1.165) is 0 Å². The number of hydrogen-bond donors (Lipinski definition) is 1. The van der Waals surface area contributed by atoms with Crippen LogP contribution < -0.4 is 5.32 Å². The molecule has 0 fully saturated rings. The first-order chi connectivity index (χ1) is 9.11. The highest BCUT2D eigenvalue weighted by Crippen LogP contribution is 2.30. The number of methoxy groups -OCH3 is 1. The van der Waals surface area contributed by atoms with E-state index in [1.54, 1.807) is 18.2 Å². The van der Waals surface area contributed by atoms with Crippen LogP contribution in [0.15, 0.2) is 23.3 Å². The molecule has 1 atom stereocenters. The highest BCUT2D eigenvalue weighted by Gasteiger charge is 2.23. The van der Waals surface area contributed by atoms with Gasteiger partial charge in [-0.05, 0) is 11.6 Å². The first-order valence-corrected chi connectivity index (χ1v) is 6.13. The maximum Gasteiger partial charge on any atom is 0.327 e. The average Bonchev–Trinajstić information content (AvgIpc) is 2.42. The molecular formula is C11H12Cl2N4O2. The Labute approximate surface area is 120 Å². The molecule has 0 bridgehead atoms. The number of carbonyl (C=O) groups excluding carboxylic acids is 1. The molecule has 0 spiro atoms. The predicted octanol–water partition coefficient (Wildman–Crippen LogP) is 3.11. The highest BCUT2D eigenvalue weighted by molar-refractivity contribution is 6.42. The first kappa shape index (κ1) is 15.6. The molecule has 0 heterocycles. The van der Waals surface area contributed by atoms with Gasteiger partial charge < -0.3 is 10.1 Å². The molecule has 1 aromatic rings. The molecule has 0 aliphatic carbocycles. The topological polar surface area (TPSA) is 87.1 Å². The van der Waals surface area contributed by atoms with Crippen molar-refractivity contribution in [2.75, 3.05) is 20.2 Å². The second-order valence-electron chi connectivity index (χ2n) is 3.51. The van der Waals surface area contributed by atoms with E-state index in [4.69, 9.17) is 33.5 Å². The summed E-state index contributed by atoms with van der Waals surface area (Å²) in [7, 11) is 1.28. The maximum absolute atomic E-state index is 11.7. The minimum atomic E-state index is -0.759. The van der Waals surface area contributed by atoms with Crippen LogP contribution in [-0.2, 0) is 9.53 Å². The molecule has 0 radical (unpaired) electrons. The summed E-state index contributed by atoms with van der Waals surface area (Å²) in [4.78, 5) is 14.4. The molecule has 1 aromatic carbocycles. The fourth-order valence-electron chi connectivity index (χ4n) is 1.49. The standard InChI is InChI=1S/C11H12Cl2N4O2/c1-19-11(18)10(15-5-6-16-17-14)7-3-2-4-8(12)9(7)13/h2-4,10,15H,5-6H2,1H3. The van der Waals surface area contributed by atoms with Crippen LogP contribution >= 0.6 is 23.2 Å². The van der Waals surface area contributed by atoms with Crippen molar-refractivity contribution in [3.63, 3.8) is 0 Å². The minimum Gasteiger partial charge on any atom is -0.468 e. The molecule has 1 rings (SSSR count). The average molecular weight is 303 g/mol. The van der Waals surface area contributed by atoms with Crippen LogP contribution in [0.4, 0.5) is 0 Å². The van der Waals surface area contributed by atoms with E-state index in [1.165, 1.54) is 7.11 Å². The highest BCUT2D eigenvalue weighted by atomic mass is 35.5. The van der Waals surface area contributed by atoms with Crippen LogP contribution in [0, 0.1) is 0 Å². The summed E-state index contributed by atoms with van der Waals surface area (Å²) in [6.45, 7) is 0.523. The second-order valence-corrected chi connectivity index (χ2v) is 4.29. The van der Waals surface area contributed by atoms with Crippen LogP contribution in [0.2, 0.25) is 10.0 Å². The van der Waals surface area contributed by atoms with Crippen molar-refractivity contribution in [3.05, 3.63) is 44.3 Å². The quantitative estimate of drug-likeness (QED) is 0.288. The molecule has 1 unspecified atom stereocenters. The Bertz CT molecular complexity index is 503. The van der Waals surface area contributed by atoms with Crippen molar-refractivity contribution >= 4 is 29.2 Å². The van der Waals surface area contributed by atoms with E-state index in [9.17, 15) is 4.79 Å². The predicted molar refractivity (Wildman–Crippen MR) is 73.2 cm³/mol. The molecule has 102 valence electrons. The fraction of sp³-hybridized carbons (Fsp3) is 0.364. The third-order valence-electron chi connectivity index (χ3n) is 2.35. The summed E-state index contributed by atoms with van der Waals surface area (Å²) in [5.74, 6) is -0.495. The van der Waals surface area contributed by atoms with Gasteiger partial charge in [0.2, 0.25) is 0 Å². The maximum atomic E-state index is 11.7. The van der Waals surface area contributed by atoms with Gasteiger partial charge in [0.1, 0.15) is 6.04 Å². The molecule has 6 nitrogen and oxygen atoms in total. The van der Waals surface area contributed by atoms with Gasteiger partial charge in [-0.2, -0.15) is 0 Å². The van der Waals surface area contributed by atoms with Crippen LogP contribution in [0.25, 0.3) is 10.4 Å². The van der Waals surface area contributed by atoms with Gasteiger partial charge in [-0.25, -0.2) is 4.79 Å². The van der Waals surface area contributed by atoms with Gasteiger partial charge in [-0.1, -0.05) is 40.4 Å². The van der Waals surface area contributed by atoms with Crippen molar-refractivity contribution in [2.45, 2.75) is 6.04 Å². The summed E-state index contributed by atoms with van der Waals surface area (Å²) < 4.78 is 4.71. The number of esters is 1. The van der Waals surface area contributed by atoms with Gasteiger partial charge in [0.05, 0.1) is 17.2 Å². The van der Waals surface area contributed by atoms with Gasteiger partial charge in [-0.15, -0.1) is 0 Å². The number of carbonyl (C=O) groups is 1. The zero-order valence-corrected chi connectivity index (χ0v) is 11.6. The van der Waals surface area contributed by atoms with Gasteiger partial charge in [0.25, 0.3) is 0 Å². The lowest BCUT2D eigenvalue weighted by atomic mass is 10.1. The zero-order valence-electron chi connectivity index (χ0n) is 10.1. The van der Waals surface area contributed by atoms with Crippen LogP contribution in [0.3, 0.4) is 0 Å². The van der Waals surface area contributed by atoms with E-state index in [1.807, 2.05) is 0 Å². The Morgan fingerprint density at radius 1 is 1.58 bits per heavy atom. The molecule has 0 aliphatic rings. The van der Waals surface area contributed by atoms with Gasteiger partial charge in [-0.3, -0.25) is 0 Å². The number of rotatable bonds is 6. The zero-order chi connectivity index (χ0) is 14.3. The van der Waals surface area contributed by atoms with E-state index in [-0.39, 0.29) is 11.6 Å². The number of azide groups is 1. The lowest BCUT2D eigenvalue weighted by Gasteiger charge is -2.18. The normalized spacial score (nSPS) is 11.5. The lowest BCUT2D eigenvalue weighted by Crippen LogP contribution is -2.31. The summed E-state index contributed by atoms with van der Waals surface area (Å²) in [6.07, 6.45) is 0. The second kappa shape index (κ2) is 7.86. The van der Waals surface area contributed by atoms with Crippen LogP contribution in [-0.4, -0.2) is 26.2 Å². The Morgan fingerprint density at radius 3 is 2.95 bits per heavy atom. The minimum absolute atomic E-state index is 0.210. The van der Waals surface area contributed by atoms with Crippen molar-refractivity contribution in [1.29, 1.82) is 0 Å². The van der Waals surface area contributed by atoms with E-state index < -0.39 is 12.0 Å². The van der Waals surface area contributed by atoms with E-state index in [2.05, 4.69) is 15.3 Å². The smallest absolute Gasteiger partial charge is 0.327 e. The Kier molecular flexibility index (Phi) is 6.45. The van der Waals surface area contributed by atoms with Gasteiger partial charge >= 0.3 is 5.97 Å². The lowest BCUT2D eigenvalue weighted by molar-refractivity contribution is -0.143. The van der Waals surface area contributed by atoms with E-state index >= 15 is 0 Å². The van der Waals surface area contributed by atoms with Gasteiger partial charge in [0.15, 0.2) is 0 Å². The molecule has 0 saturated carbocycles. The number of hydrogen-bond acceptors (Lipinski definition) is 4. The summed E-state index contributed by atoms with van der Waals surface area (Å²) >= 11 is 12.0. The fourth-order valence-corrected chi connectivity index (χ4v) is 1.90. The largest absolute Gasteiger partial charge is 0.468 e. The molecule has 0 aromatic heterocycles. The number of nitrogens with one attached hydrogen (secondary N) is 1. The summed E-state index contributed by atoms with van der Waals surface area (Å²) in [5, 5.41) is 6.92. The monoisotopic (exact) mass is 302 g/mol. The van der Waals surface area contributed by atoms with Crippen molar-refractivity contribution in [3.8, 4) is 0 Å². The number of benzene rings is 1. The molecule has 0 saturated heterocycles. The SMILES string of the molecule is COC(=O)C(NCCN=[N+]=[N-])c1cccc(Cl)c1Cl. The van der Waals surface area contributed by atoms with Crippen molar-refractivity contribution in [1.82, 2.24) is 5.32 Å². The molecule has 0 aliphatic heterocycles. The number of halogens is 2. The Hall–Kier alpha value is -1.46. The third-order valence-corrected chi connectivity index (χ3v) is 3.19. The third kappa shape index (κ3) is 4.29. The van der Waals surface area contributed by atoms with Crippen LogP contribution in [0.5, 0.6) is 0 Å². The summed E-state index contributed by atoms with van der Waals surface area (Å²) in [5.41, 5.74) is 8.70. The molecule has 1 N–H and O–H groups in total. The van der Waals surface area contributed by atoms with Crippen molar-refractivity contribution in [2.24, 2.45) is 5.11 Å². The van der Waals surface area contributed by atoms with Crippen LogP contribution in [0.1, 0.15) is 11.6 Å². The number of nitrogens with zero attached hydrogens (tertiary/aromatic N) is 3. The molecule has 19 heavy (non-hydrogen) atoms. The Morgan fingerprint density at radius 2 is 2.32 bits per heavy atom. The van der Waals surface area contributed by atoms with E-state index in [0.29, 0.717) is 17.1 Å².